The molecule has 244 valence electrons. The van der Waals surface area contributed by atoms with Crippen LogP contribution < -0.4 is 14.2 Å². The molecule has 0 amide bonds. The van der Waals surface area contributed by atoms with E-state index in [0.717, 1.165) is 69.2 Å². The van der Waals surface area contributed by atoms with Gasteiger partial charge < -0.3 is 14.2 Å². The summed E-state index contributed by atoms with van der Waals surface area (Å²) in [5.41, 5.74) is 4.26. The van der Waals surface area contributed by atoms with Crippen LogP contribution in [-0.4, -0.2) is 19.8 Å². The van der Waals surface area contributed by atoms with Gasteiger partial charge in [0.2, 0.25) is 0 Å². The zero-order valence-corrected chi connectivity index (χ0v) is 29.5. The molecule has 4 heteroatoms. The molecule has 0 spiro atoms. The predicted molar refractivity (Wildman–Crippen MR) is 195 cm³/mol. The van der Waals surface area contributed by atoms with Gasteiger partial charge >= 0.3 is 0 Å². The maximum absolute atomic E-state index is 5.58. The molecule has 0 N–H and O–H groups in total. The summed E-state index contributed by atoms with van der Waals surface area (Å²) in [7, 11) is 0. The lowest BCUT2D eigenvalue weighted by atomic mass is 10.1. The normalized spacial score (nSPS) is 10.2. The molecule has 4 aromatic carbocycles. The van der Waals surface area contributed by atoms with E-state index in [1.54, 1.807) is 0 Å². The molecule has 0 saturated heterocycles. The maximum Gasteiger partial charge on any atom is 0.122 e. The van der Waals surface area contributed by atoms with Gasteiger partial charge in [-0.25, -0.2) is 0 Å². The third kappa shape index (κ3) is 15.5. The predicted octanol–water partition coefficient (Wildman–Crippen LogP) is 12.0. The van der Waals surface area contributed by atoms with E-state index in [2.05, 4.69) is 108 Å². The molecule has 0 unspecified atom stereocenters. The Morgan fingerprint density at radius 2 is 0.911 bits per heavy atom. The number of rotatable bonds is 16. The SMILES string of the molecule is CCCCc1cccc(OCCC)c1.CCCOc1cccc(OCCC)c1.CCc1ccccc1Sc1ccccc1CC. The average Bonchev–Trinajstić information content (AvgIpc) is 3.09. The molecule has 0 heterocycles. The Hall–Kier alpha value is -3.37. The molecule has 0 aliphatic heterocycles. The first-order valence-electron chi connectivity index (χ1n) is 17.0. The third-order valence-corrected chi connectivity index (χ3v) is 8.10. The second-order valence-corrected chi connectivity index (χ2v) is 11.9. The van der Waals surface area contributed by atoms with Crippen molar-refractivity contribution in [3.63, 3.8) is 0 Å². The first kappa shape index (κ1) is 37.8. The van der Waals surface area contributed by atoms with Crippen molar-refractivity contribution in [3.05, 3.63) is 114 Å². The van der Waals surface area contributed by atoms with E-state index in [9.17, 15) is 0 Å². The highest BCUT2D eigenvalue weighted by molar-refractivity contribution is 7.99. The van der Waals surface area contributed by atoms with Crippen LogP contribution in [0.1, 0.15) is 90.3 Å². The number of unbranched alkanes of at least 4 members (excludes halogenated alkanes) is 1. The van der Waals surface area contributed by atoms with Crippen LogP contribution in [0.5, 0.6) is 17.2 Å². The number of aryl methyl sites for hydroxylation is 3. The average molecular weight is 629 g/mol. The van der Waals surface area contributed by atoms with Crippen LogP contribution in [-0.2, 0) is 19.3 Å². The zero-order chi connectivity index (χ0) is 32.5. The van der Waals surface area contributed by atoms with Gasteiger partial charge in [-0.2, -0.15) is 0 Å². The van der Waals surface area contributed by atoms with E-state index in [-0.39, 0.29) is 0 Å². The molecule has 0 aliphatic carbocycles. The van der Waals surface area contributed by atoms with Crippen molar-refractivity contribution in [1.82, 2.24) is 0 Å². The van der Waals surface area contributed by atoms with E-state index in [4.69, 9.17) is 14.2 Å². The summed E-state index contributed by atoms with van der Waals surface area (Å²) in [6.07, 6.45) is 8.99. The van der Waals surface area contributed by atoms with Gasteiger partial charge in [-0.1, -0.05) is 114 Å². The summed E-state index contributed by atoms with van der Waals surface area (Å²) in [4.78, 5) is 2.77. The molecular weight excluding hydrogens is 573 g/mol. The highest BCUT2D eigenvalue weighted by Gasteiger charge is 2.05. The topological polar surface area (TPSA) is 27.7 Å². The van der Waals surface area contributed by atoms with Crippen LogP contribution in [0.2, 0.25) is 0 Å². The van der Waals surface area contributed by atoms with E-state index in [1.165, 1.54) is 45.7 Å². The van der Waals surface area contributed by atoms with Crippen LogP contribution in [0.4, 0.5) is 0 Å². The number of benzene rings is 4. The summed E-state index contributed by atoms with van der Waals surface area (Å²) in [5, 5.41) is 0. The zero-order valence-electron chi connectivity index (χ0n) is 28.6. The maximum atomic E-state index is 5.58. The summed E-state index contributed by atoms with van der Waals surface area (Å²) >= 11 is 1.89. The van der Waals surface area contributed by atoms with Crippen LogP contribution in [0.15, 0.2) is 107 Å². The minimum atomic E-state index is 0.761. The third-order valence-electron chi connectivity index (χ3n) is 6.87. The summed E-state index contributed by atoms with van der Waals surface area (Å²) in [5.74, 6) is 2.79. The van der Waals surface area contributed by atoms with Crippen molar-refractivity contribution in [1.29, 1.82) is 0 Å². The molecule has 0 atom stereocenters. The molecule has 0 radical (unpaired) electrons. The van der Waals surface area contributed by atoms with Gasteiger partial charge in [0.15, 0.2) is 0 Å². The molecule has 0 fully saturated rings. The molecular formula is C41H56O3S. The molecule has 0 bridgehead atoms. The molecule has 4 rings (SSSR count). The molecule has 0 aromatic heterocycles. The van der Waals surface area contributed by atoms with Gasteiger partial charge in [-0.15, -0.1) is 0 Å². The second kappa shape index (κ2) is 23.9. The fourth-order valence-corrected chi connectivity index (χ4v) is 5.61. The largest absolute Gasteiger partial charge is 0.494 e. The van der Waals surface area contributed by atoms with Crippen molar-refractivity contribution in [2.45, 2.75) is 103 Å². The van der Waals surface area contributed by atoms with Gasteiger partial charge in [-0.05, 0) is 98.0 Å². The van der Waals surface area contributed by atoms with Crippen LogP contribution in [0, 0.1) is 0 Å². The minimum absolute atomic E-state index is 0.761. The summed E-state index contributed by atoms with van der Waals surface area (Å²) in [6, 6.07) is 33.6. The Bertz CT molecular complexity index is 1170. The van der Waals surface area contributed by atoms with Crippen molar-refractivity contribution in [3.8, 4) is 17.2 Å². The first-order chi connectivity index (χ1) is 22.1. The van der Waals surface area contributed by atoms with E-state index < -0.39 is 0 Å². The van der Waals surface area contributed by atoms with Crippen LogP contribution in [0.25, 0.3) is 0 Å². The van der Waals surface area contributed by atoms with Crippen molar-refractivity contribution < 1.29 is 14.2 Å². The Balaban J connectivity index is 0.000000237. The standard InChI is InChI=1S/C16H18S.C13H20O.C12H18O2/c1-3-13-9-5-7-11-15(13)17-16-12-8-6-10-14(16)4-2;1-3-5-7-12-8-6-9-13(11-12)14-10-4-2;1-3-8-13-11-6-5-7-12(10-11)14-9-4-2/h5-12H,3-4H2,1-2H3;6,8-9,11H,3-5,7,10H2,1-2H3;5-7,10H,3-4,8-9H2,1-2H3. The Morgan fingerprint density at radius 1 is 0.467 bits per heavy atom. The van der Waals surface area contributed by atoms with Crippen LogP contribution >= 0.6 is 11.8 Å². The smallest absolute Gasteiger partial charge is 0.122 e. The van der Waals surface area contributed by atoms with Crippen molar-refractivity contribution >= 4 is 11.8 Å². The van der Waals surface area contributed by atoms with Gasteiger partial charge in [0, 0.05) is 15.9 Å². The molecule has 0 saturated carbocycles. The molecule has 4 aromatic rings. The summed E-state index contributed by atoms with van der Waals surface area (Å²) in [6.45, 7) is 15.3. The fourth-order valence-electron chi connectivity index (χ4n) is 4.39. The fraction of sp³-hybridized carbons (Fsp3) is 0.415. The number of hydrogen-bond acceptors (Lipinski definition) is 4. The highest BCUT2D eigenvalue weighted by atomic mass is 32.2. The highest BCUT2D eigenvalue weighted by Crippen LogP contribution is 2.33. The van der Waals surface area contributed by atoms with Crippen molar-refractivity contribution in [2.75, 3.05) is 19.8 Å². The number of ether oxygens (including phenoxy) is 3. The molecule has 0 aliphatic rings. The van der Waals surface area contributed by atoms with Crippen molar-refractivity contribution in [2.24, 2.45) is 0 Å². The van der Waals surface area contributed by atoms with E-state index in [0.29, 0.717) is 0 Å². The monoisotopic (exact) mass is 628 g/mol. The van der Waals surface area contributed by atoms with Gasteiger partial charge in [0.25, 0.3) is 0 Å². The molecule has 3 nitrogen and oxygen atoms in total. The Kier molecular flexibility index (Phi) is 20.1. The van der Waals surface area contributed by atoms with Gasteiger partial charge in [0.1, 0.15) is 17.2 Å². The van der Waals surface area contributed by atoms with Gasteiger partial charge in [0.05, 0.1) is 19.8 Å². The lowest BCUT2D eigenvalue weighted by molar-refractivity contribution is 0.301. The Morgan fingerprint density at radius 3 is 1.36 bits per heavy atom. The second-order valence-electron chi connectivity index (χ2n) is 10.8. The first-order valence-corrected chi connectivity index (χ1v) is 17.8. The lowest BCUT2D eigenvalue weighted by Gasteiger charge is -2.10. The molecule has 45 heavy (non-hydrogen) atoms. The summed E-state index contributed by atoms with van der Waals surface area (Å²) < 4.78 is 16.6. The minimum Gasteiger partial charge on any atom is -0.494 e. The van der Waals surface area contributed by atoms with Crippen LogP contribution in [0.3, 0.4) is 0 Å². The quantitative estimate of drug-likeness (QED) is 0.123. The lowest BCUT2D eigenvalue weighted by Crippen LogP contribution is -1.97. The van der Waals surface area contributed by atoms with Gasteiger partial charge in [-0.3, -0.25) is 0 Å². The Labute approximate surface area is 278 Å². The van der Waals surface area contributed by atoms with E-state index >= 15 is 0 Å². The van der Waals surface area contributed by atoms with E-state index in [1.807, 2.05) is 42.1 Å². The number of hydrogen-bond donors (Lipinski definition) is 0.